The molecule has 1 aromatic carbocycles. The Morgan fingerprint density at radius 2 is 1.76 bits per heavy atom. The summed E-state index contributed by atoms with van der Waals surface area (Å²) < 4.78 is 0. The Morgan fingerprint density at radius 1 is 1.06 bits per heavy atom. The number of nitrogens with zero attached hydrogens (tertiary/aromatic N) is 1. The number of aromatic nitrogens is 1. The number of hydrogen-bond donors (Lipinski definition) is 1. The fourth-order valence-corrected chi connectivity index (χ4v) is 1.76. The quantitative estimate of drug-likeness (QED) is 0.862. The first kappa shape index (κ1) is 11.6. The van der Waals surface area contributed by atoms with Crippen LogP contribution in [-0.4, -0.2) is 4.98 Å². The van der Waals surface area contributed by atoms with Crippen molar-refractivity contribution in [2.24, 2.45) is 0 Å². The van der Waals surface area contributed by atoms with E-state index in [1.165, 1.54) is 11.1 Å². The first-order chi connectivity index (χ1) is 8.29. The van der Waals surface area contributed by atoms with Crippen molar-refractivity contribution in [3.05, 3.63) is 59.4 Å². The average molecular weight is 226 g/mol. The lowest BCUT2D eigenvalue weighted by molar-refractivity contribution is 1.09. The second-order valence-corrected chi connectivity index (χ2v) is 4.16. The van der Waals surface area contributed by atoms with E-state index in [-0.39, 0.29) is 0 Å². The smallest absolute Gasteiger partial charge is 0.0603 e. The molecule has 88 valence electrons. The van der Waals surface area contributed by atoms with Gasteiger partial charge in [-0.05, 0) is 36.6 Å². The molecule has 0 amide bonds. The van der Waals surface area contributed by atoms with E-state index in [1.807, 2.05) is 19.2 Å². The molecule has 1 aromatic heterocycles. The standard InChI is InChI=1S/C15H18N2/c1-3-13-6-8-14(9-7-13)11-17-15-5-4-10-16-12(15)2/h4-10,17H,3,11H2,1-2H3. The average Bonchev–Trinajstić information content (AvgIpc) is 2.38. The van der Waals surface area contributed by atoms with Crippen LogP contribution in [-0.2, 0) is 13.0 Å². The van der Waals surface area contributed by atoms with Gasteiger partial charge in [0, 0.05) is 12.7 Å². The normalized spacial score (nSPS) is 10.2. The van der Waals surface area contributed by atoms with E-state index in [4.69, 9.17) is 0 Å². The van der Waals surface area contributed by atoms with Crippen molar-refractivity contribution in [2.75, 3.05) is 5.32 Å². The molecular weight excluding hydrogens is 208 g/mol. The molecule has 0 aliphatic carbocycles. The second kappa shape index (κ2) is 5.48. The van der Waals surface area contributed by atoms with E-state index in [1.54, 1.807) is 0 Å². The third kappa shape index (κ3) is 3.06. The molecule has 2 rings (SSSR count). The number of nitrogens with one attached hydrogen (secondary N) is 1. The van der Waals surface area contributed by atoms with Gasteiger partial charge in [0.15, 0.2) is 0 Å². The maximum atomic E-state index is 4.26. The van der Waals surface area contributed by atoms with Gasteiger partial charge in [-0.3, -0.25) is 4.98 Å². The van der Waals surface area contributed by atoms with Crippen molar-refractivity contribution >= 4 is 5.69 Å². The summed E-state index contributed by atoms with van der Waals surface area (Å²) in [6.07, 6.45) is 2.91. The van der Waals surface area contributed by atoms with Crippen LogP contribution in [0.2, 0.25) is 0 Å². The molecule has 0 atom stereocenters. The van der Waals surface area contributed by atoms with Gasteiger partial charge in [-0.25, -0.2) is 0 Å². The number of hydrogen-bond acceptors (Lipinski definition) is 2. The minimum Gasteiger partial charge on any atom is -0.380 e. The molecule has 0 radical (unpaired) electrons. The van der Waals surface area contributed by atoms with Crippen LogP contribution in [0.5, 0.6) is 0 Å². The van der Waals surface area contributed by atoms with Gasteiger partial charge in [0.2, 0.25) is 0 Å². The van der Waals surface area contributed by atoms with E-state index in [2.05, 4.69) is 47.6 Å². The summed E-state index contributed by atoms with van der Waals surface area (Å²) >= 11 is 0. The third-order valence-electron chi connectivity index (χ3n) is 2.92. The molecule has 2 nitrogen and oxygen atoms in total. The van der Waals surface area contributed by atoms with Crippen LogP contribution in [0, 0.1) is 6.92 Å². The molecule has 0 unspecified atom stereocenters. The summed E-state index contributed by atoms with van der Waals surface area (Å²) in [5.74, 6) is 0. The zero-order chi connectivity index (χ0) is 12.1. The van der Waals surface area contributed by atoms with E-state index < -0.39 is 0 Å². The fraction of sp³-hybridized carbons (Fsp3) is 0.267. The minimum atomic E-state index is 0.844. The second-order valence-electron chi connectivity index (χ2n) is 4.16. The van der Waals surface area contributed by atoms with E-state index in [0.717, 1.165) is 24.3 Å². The largest absolute Gasteiger partial charge is 0.380 e. The summed E-state index contributed by atoms with van der Waals surface area (Å²) in [4.78, 5) is 4.26. The number of rotatable bonds is 4. The van der Waals surface area contributed by atoms with Crippen LogP contribution >= 0.6 is 0 Å². The maximum absolute atomic E-state index is 4.26. The van der Waals surface area contributed by atoms with Gasteiger partial charge < -0.3 is 5.32 Å². The van der Waals surface area contributed by atoms with E-state index in [9.17, 15) is 0 Å². The Balaban J connectivity index is 2.00. The van der Waals surface area contributed by atoms with Gasteiger partial charge in [-0.2, -0.15) is 0 Å². The van der Waals surface area contributed by atoms with Crippen molar-refractivity contribution in [3.8, 4) is 0 Å². The Kier molecular flexibility index (Phi) is 3.76. The Morgan fingerprint density at radius 3 is 2.41 bits per heavy atom. The van der Waals surface area contributed by atoms with Crippen LogP contribution < -0.4 is 5.32 Å². The molecule has 1 N–H and O–H groups in total. The van der Waals surface area contributed by atoms with Crippen LogP contribution in [0.1, 0.15) is 23.7 Å². The first-order valence-corrected chi connectivity index (χ1v) is 6.03. The van der Waals surface area contributed by atoms with Gasteiger partial charge in [0.05, 0.1) is 11.4 Å². The summed E-state index contributed by atoms with van der Waals surface area (Å²) in [7, 11) is 0. The van der Waals surface area contributed by atoms with Gasteiger partial charge in [-0.15, -0.1) is 0 Å². The van der Waals surface area contributed by atoms with Crippen molar-refractivity contribution in [2.45, 2.75) is 26.8 Å². The topological polar surface area (TPSA) is 24.9 Å². The van der Waals surface area contributed by atoms with Crippen molar-refractivity contribution in [3.63, 3.8) is 0 Å². The van der Waals surface area contributed by atoms with Gasteiger partial charge in [-0.1, -0.05) is 31.2 Å². The Labute approximate surface area is 103 Å². The maximum Gasteiger partial charge on any atom is 0.0603 e. The molecule has 0 saturated heterocycles. The lowest BCUT2D eigenvalue weighted by Gasteiger charge is -2.08. The highest BCUT2D eigenvalue weighted by atomic mass is 14.9. The molecule has 0 aliphatic heterocycles. The lowest BCUT2D eigenvalue weighted by atomic mass is 10.1. The van der Waals surface area contributed by atoms with Crippen molar-refractivity contribution < 1.29 is 0 Å². The molecule has 0 fully saturated rings. The molecule has 1 heterocycles. The van der Waals surface area contributed by atoms with Crippen molar-refractivity contribution in [1.82, 2.24) is 4.98 Å². The first-order valence-electron chi connectivity index (χ1n) is 6.03. The van der Waals surface area contributed by atoms with Gasteiger partial charge in [0.25, 0.3) is 0 Å². The highest BCUT2D eigenvalue weighted by Gasteiger charge is 1.98. The zero-order valence-corrected chi connectivity index (χ0v) is 10.4. The molecule has 0 saturated carbocycles. The monoisotopic (exact) mass is 226 g/mol. The highest BCUT2D eigenvalue weighted by Crippen LogP contribution is 2.12. The number of aryl methyl sites for hydroxylation is 2. The summed E-state index contributed by atoms with van der Waals surface area (Å²) in [5.41, 5.74) is 4.82. The fourth-order valence-electron chi connectivity index (χ4n) is 1.76. The number of benzene rings is 1. The molecule has 2 heteroatoms. The SMILES string of the molecule is CCc1ccc(CNc2cccnc2C)cc1. The lowest BCUT2D eigenvalue weighted by Crippen LogP contribution is -2.01. The van der Waals surface area contributed by atoms with Crippen LogP contribution in [0.3, 0.4) is 0 Å². The van der Waals surface area contributed by atoms with Gasteiger partial charge in [0.1, 0.15) is 0 Å². The van der Waals surface area contributed by atoms with Gasteiger partial charge >= 0.3 is 0 Å². The molecule has 17 heavy (non-hydrogen) atoms. The minimum absolute atomic E-state index is 0.844. The third-order valence-corrected chi connectivity index (χ3v) is 2.92. The predicted octanol–water partition coefficient (Wildman–Crippen LogP) is 3.56. The van der Waals surface area contributed by atoms with E-state index >= 15 is 0 Å². The van der Waals surface area contributed by atoms with Crippen LogP contribution in [0.25, 0.3) is 0 Å². The summed E-state index contributed by atoms with van der Waals surface area (Å²) in [6.45, 7) is 5.03. The molecular formula is C15H18N2. The Hall–Kier alpha value is -1.83. The van der Waals surface area contributed by atoms with E-state index in [0.29, 0.717) is 0 Å². The Bertz CT molecular complexity index is 475. The zero-order valence-electron chi connectivity index (χ0n) is 10.4. The number of anilines is 1. The highest BCUT2D eigenvalue weighted by molar-refractivity contribution is 5.47. The summed E-state index contributed by atoms with van der Waals surface area (Å²) in [6, 6.07) is 12.7. The molecule has 0 bridgehead atoms. The molecule has 2 aromatic rings. The molecule has 0 spiro atoms. The van der Waals surface area contributed by atoms with Crippen LogP contribution in [0.4, 0.5) is 5.69 Å². The van der Waals surface area contributed by atoms with Crippen LogP contribution in [0.15, 0.2) is 42.6 Å². The van der Waals surface area contributed by atoms with Crippen molar-refractivity contribution in [1.29, 1.82) is 0 Å². The number of pyridine rings is 1. The predicted molar refractivity (Wildman–Crippen MR) is 72.1 cm³/mol. The molecule has 0 aliphatic rings. The summed E-state index contributed by atoms with van der Waals surface area (Å²) in [5, 5.41) is 3.40.